The molecule has 1 heterocycles. The Labute approximate surface area is 150 Å². The summed E-state index contributed by atoms with van der Waals surface area (Å²) in [7, 11) is 0. The molecule has 2 aromatic carbocycles. The van der Waals surface area contributed by atoms with Crippen LogP contribution in [-0.4, -0.2) is 16.8 Å². The van der Waals surface area contributed by atoms with Gasteiger partial charge in [-0.2, -0.15) is 0 Å². The lowest BCUT2D eigenvalue weighted by Crippen LogP contribution is -2.19. The van der Waals surface area contributed by atoms with Crippen LogP contribution in [0.25, 0.3) is 0 Å². The Hall–Kier alpha value is -3.67. The van der Waals surface area contributed by atoms with Crippen molar-refractivity contribution in [2.75, 3.05) is 10.6 Å². The van der Waals surface area contributed by atoms with Crippen LogP contribution in [0.4, 0.5) is 16.2 Å². The van der Waals surface area contributed by atoms with Gasteiger partial charge in [-0.15, -0.1) is 0 Å². The van der Waals surface area contributed by atoms with Crippen molar-refractivity contribution in [3.8, 4) is 11.5 Å². The maximum absolute atomic E-state index is 12.0. The first-order valence-electron chi connectivity index (χ1n) is 7.98. The molecule has 0 aliphatic carbocycles. The zero-order valence-corrected chi connectivity index (χ0v) is 14.1. The molecule has 1 aromatic heterocycles. The van der Waals surface area contributed by atoms with E-state index >= 15 is 0 Å². The highest BCUT2D eigenvalue weighted by atomic mass is 16.5. The molecule has 0 radical (unpaired) electrons. The maximum atomic E-state index is 12.0. The third-order valence-electron chi connectivity index (χ3n) is 3.47. The molecule has 3 aromatic rings. The number of benzene rings is 2. The lowest BCUT2D eigenvalue weighted by Gasteiger charge is -2.09. The van der Waals surface area contributed by atoms with Crippen molar-refractivity contribution < 1.29 is 14.3 Å². The van der Waals surface area contributed by atoms with Gasteiger partial charge in [0.1, 0.15) is 17.2 Å². The van der Waals surface area contributed by atoms with Gasteiger partial charge < -0.3 is 15.4 Å². The standard InChI is InChI=1S/C20H17N3O3/c1-14(24)19-13-18(11-12-21-19)26-17-9-7-16(8-10-17)23-20(25)22-15-5-3-2-4-6-15/h2-13H,1H3,(H2,22,23,25). The van der Waals surface area contributed by atoms with Crippen molar-refractivity contribution in [2.45, 2.75) is 6.92 Å². The van der Waals surface area contributed by atoms with E-state index in [2.05, 4.69) is 15.6 Å². The number of para-hydroxylation sites is 1. The third-order valence-corrected chi connectivity index (χ3v) is 3.47. The number of aromatic nitrogens is 1. The number of nitrogens with one attached hydrogen (secondary N) is 2. The van der Waals surface area contributed by atoms with E-state index in [-0.39, 0.29) is 11.8 Å². The number of anilines is 2. The molecule has 26 heavy (non-hydrogen) atoms. The van der Waals surface area contributed by atoms with E-state index < -0.39 is 0 Å². The second-order valence-corrected chi connectivity index (χ2v) is 5.50. The second-order valence-electron chi connectivity index (χ2n) is 5.50. The maximum Gasteiger partial charge on any atom is 0.323 e. The van der Waals surface area contributed by atoms with E-state index in [1.165, 1.54) is 13.1 Å². The van der Waals surface area contributed by atoms with E-state index in [9.17, 15) is 9.59 Å². The highest BCUT2D eigenvalue weighted by molar-refractivity contribution is 5.99. The third kappa shape index (κ3) is 4.67. The smallest absolute Gasteiger partial charge is 0.323 e. The number of hydrogen-bond donors (Lipinski definition) is 2. The van der Waals surface area contributed by atoms with Gasteiger partial charge in [-0.25, -0.2) is 4.79 Å². The summed E-state index contributed by atoms with van der Waals surface area (Å²) in [5.41, 5.74) is 1.69. The largest absolute Gasteiger partial charge is 0.457 e. The van der Waals surface area contributed by atoms with E-state index in [1.54, 1.807) is 48.5 Å². The summed E-state index contributed by atoms with van der Waals surface area (Å²) in [6, 6.07) is 19.0. The molecule has 2 N–H and O–H groups in total. The number of carbonyl (C=O) groups is 2. The van der Waals surface area contributed by atoms with Crippen LogP contribution in [0.5, 0.6) is 11.5 Å². The number of pyridine rings is 1. The number of nitrogens with zero attached hydrogens (tertiary/aromatic N) is 1. The Bertz CT molecular complexity index is 909. The minimum atomic E-state index is -0.329. The number of Topliss-reactive ketones (excluding diaryl/α,β-unsaturated/α-hetero) is 1. The zero-order chi connectivity index (χ0) is 18.4. The molecule has 0 unspecified atom stereocenters. The average molecular weight is 347 g/mol. The lowest BCUT2D eigenvalue weighted by atomic mass is 10.2. The topological polar surface area (TPSA) is 80.3 Å². The Morgan fingerprint density at radius 2 is 1.50 bits per heavy atom. The zero-order valence-electron chi connectivity index (χ0n) is 14.1. The molecule has 0 spiro atoms. The van der Waals surface area contributed by atoms with Crippen LogP contribution in [0.1, 0.15) is 17.4 Å². The molecule has 2 amide bonds. The molecule has 0 aliphatic heterocycles. The Morgan fingerprint density at radius 1 is 0.846 bits per heavy atom. The fourth-order valence-electron chi connectivity index (χ4n) is 2.22. The van der Waals surface area contributed by atoms with E-state index in [0.717, 1.165) is 0 Å². The summed E-state index contributed by atoms with van der Waals surface area (Å²) >= 11 is 0. The van der Waals surface area contributed by atoms with Crippen LogP contribution in [0, 0.1) is 0 Å². The van der Waals surface area contributed by atoms with Crippen molar-refractivity contribution in [3.63, 3.8) is 0 Å². The summed E-state index contributed by atoms with van der Waals surface area (Å²) in [6.07, 6.45) is 1.52. The highest BCUT2D eigenvalue weighted by Gasteiger charge is 2.05. The SMILES string of the molecule is CC(=O)c1cc(Oc2ccc(NC(=O)Nc3ccccc3)cc2)ccn1. The molecule has 0 bridgehead atoms. The highest BCUT2D eigenvalue weighted by Crippen LogP contribution is 2.23. The van der Waals surface area contributed by atoms with Crippen LogP contribution in [0.3, 0.4) is 0 Å². The van der Waals surface area contributed by atoms with Gasteiger partial charge in [0.05, 0.1) is 0 Å². The second kappa shape index (κ2) is 7.94. The number of rotatable bonds is 5. The van der Waals surface area contributed by atoms with Gasteiger partial charge in [0.25, 0.3) is 0 Å². The minimum Gasteiger partial charge on any atom is -0.457 e. The quantitative estimate of drug-likeness (QED) is 0.654. The summed E-state index contributed by atoms with van der Waals surface area (Å²) in [5, 5.41) is 5.49. The molecule has 0 aliphatic rings. The molecule has 6 nitrogen and oxygen atoms in total. The molecule has 0 saturated carbocycles. The van der Waals surface area contributed by atoms with Crippen molar-refractivity contribution in [1.29, 1.82) is 0 Å². The fraction of sp³-hybridized carbons (Fsp3) is 0.0500. The van der Waals surface area contributed by atoms with Gasteiger partial charge in [0, 0.05) is 30.6 Å². The monoisotopic (exact) mass is 347 g/mol. The Balaban J connectivity index is 1.60. The van der Waals surface area contributed by atoms with Gasteiger partial charge >= 0.3 is 6.03 Å². The fourth-order valence-corrected chi connectivity index (χ4v) is 2.22. The number of hydrogen-bond acceptors (Lipinski definition) is 4. The molecule has 0 atom stereocenters. The van der Waals surface area contributed by atoms with Gasteiger partial charge in [0.2, 0.25) is 0 Å². The first kappa shape index (κ1) is 17.2. The van der Waals surface area contributed by atoms with Crippen LogP contribution in [-0.2, 0) is 0 Å². The number of urea groups is 1. The van der Waals surface area contributed by atoms with E-state index in [0.29, 0.717) is 28.6 Å². The Kier molecular flexibility index (Phi) is 5.24. The van der Waals surface area contributed by atoms with Crippen LogP contribution in [0.2, 0.25) is 0 Å². The first-order valence-corrected chi connectivity index (χ1v) is 7.98. The number of ketones is 1. The lowest BCUT2D eigenvalue weighted by molar-refractivity contribution is 0.101. The molecule has 130 valence electrons. The normalized spacial score (nSPS) is 10.0. The van der Waals surface area contributed by atoms with Gasteiger partial charge in [-0.3, -0.25) is 9.78 Å². The van der Waals surface area contributed by atoms with Gasteiger partial charge in [-0.05, 0) is 42.5 Å². The number of ether oxygens (including phenoxy) is 1. The predicted octanol–water partition coefficient (Wildman–Crippen LogP) is 4.72. The van der Waals surface area contributed by atoms with Crippen molar-refractivity contribution >= 4 is 23.2 Å². The molecule has 0 fully saturated rings. The molecule has 6 heteroatoms. The molecule has 0 saturated heterocycles. The van der Waals surface area contributed by atoms with Crippen molar-refractivity contribution in [1.82, 2.24) is 4.98 Å². The van der Waals surface area contributed by atoms with Crippen LogP contribution < -0.4 is 15.4 Å². The Morgan fingerprint density at radius 3 is 2.15 bits per heavy atom. The van der Waals surface area contributed by atoms with E-state index in [1.807, 2.05) is 18.2 Å². The molecule has 3 rings (SSSR count). The number of amides is 2. The van der Waals surface area contributed by atoms with Crippen molar-refractivity contribution in [3.05, 3.63) is 78.6 Å². The first-order chi connectivity index (χ1) is 12.6. The summed E-state index contributed by atoms with van der Waals surface area (Å²) in [6.45, 7) is 1.45. The van der Waals surface area contributed by atoms with Gasteiger partial charge in [-0.1, -0.05) is 18.2 Å². The summed E-state index contributed by atoms with van der Waals surface area (Å²) in [4.78, 5) is 27.3. The van der Waals surface area contributed by atoms with Gasteiger partial charge in [0.15, 0.2) is 5.78 Å². The predicted molar refractivity (Wildman–Crippen MR) is 99.8 cm³/mol. The summed E-state index contributed by atoms with van der Waals surface area (Å²) in [5.74, 6) is 0.979. The molecular weight excluding hydrogens is 330 g/mol. The van der Waals surface area contributed by atoms with Crippen LogP contribution in [0.15, 0.2) is 72.9 Å². The van der Waals surface area contributed by atoms with Crippen molar-refractivity contribution in [2.24, 2.45) is 0 Å². The average Bonchev–Trinajstić information content (AvgIpc) is 2.64. The summed E-state index contributed by atoms with van der Waals surface area (Å²) < 4.78 is 5.70. The molecular formula is C20H17N3O3. The number of carbonyl (C=O) groups excluding carboxylic acids is 2. The minimum absolute atomic E-state index is 0.126. The van der Waals surface area contributed by atoms with Crippen LogP contribution >= 0.6 is 0 Å². The van der Waals surface area contributed by atoms with E-state index in [4.69, 9.17) is 4.74 Å².